The molecule has 112 valence electrons. The minimum absolute atomic E-state index is 0.120. The Morgan fingerprint density at radius 2 is 1.71 bits per heavy atom. The Labute approximate surface area is 123 Å². The lowest BCUT2D eigenvalue weighted by Gasteiger charge is -2.07. The zero-order valence-electron chi connectivity index (χ0n) is 11.4. The molecule has 0 amide bonds. The Kier molecular flexibility index (Phi) is 4.93. The number of anilines is 1. The highest BCUT2D eigenvalue weighted by Crippen LogP contribution is 2.09. The van der Waals surface area contributed by atoms with Gasteiger partial charge in [-0.15, -0.1) is 0 Å². The monoisotopic (exact) mass is 308 g/mol. The summed E-state index contributed by atoms with van der Waals surface area (Å²) in [6, 6.07) is 13.0. The number of nitrogens with two attached hydrogens (primary N) is 1. The van der Waals surface area contributed by atoms with Gasteiger partial charge in [0.25, 0.3) is 0 Å². The minimum atomic E-state index is -3.44. The van der Waals surface area contributed by atoms with E-state index in [0.717, 1.165) is 0 Å². The van der Waals surface area contributed by atoms with E-state index in [1.54, 1.807) is 42.5 Å². The Morgan fingerprint density at radius 3 is 2.38 bits per heavy atom. The largest absolute Gasteiger partial charge is 0.399 e. The van der Waals surface area contributed by atoms with Crippen molar-refractivity contribution >= 4 is 15.7 Å². The van der Waals surface area contributed by atoms with E-state index in [2.05, 4.69) is 4.72 Å². The molecule has 0 bridgehead atoms. The van der Waals surface area contributed by atoms with Crippen LogP contribution in [-0.4, -0.2) is 15.0 Å². The maximum atomic E-state index is 13.4. The van der Waals surface area contributed by atoms with Crippen LogP contribution in [0, 0.1) is 5.82 Å². The first-order valence-corrected chi connectivity index (χ1v) is 8.17. The van der Waals surface area contributed by atoms with Gasteiger partial charge in [-0.3, -0.25) is 0 Å². The summed E-state index contributed by atoms with van der Waals surface area (Å²) < 4.78 is 39.7. The molecule has 0 aromatic heterocycles. The molecule has 2 aromatic rings. The summed E-state index contributed by atoms with van der Waals surface area (Å²) in [4.78, 5) is 0. The molecule has 0 atom stereocenters. The second-order valence-corrected chi connectivity index (χ2v) is 6.54. The first-order chi connectivity index (χ1) is 9.96. The van der Waals surface area contributed by atoms with Crippen LogP contribution in [0.3, 0.4) is 0 Å². The molecule has 2 rings (SSSR count). The van der Waals surface area contributed by atoms with Crippen LogP contribution < -0.4 is 10.5 Å². The van der Waals surface area contributed by atoms with E-state index in [1.807, 2.05) is 0 Å². The van der Waals surface area contributed by atoms with Gasteiger partial charge in [0.05, 0.1) is 5.75 Å². The summed E-state index contributed by atoms with van der Waals surface area (Å²) in [6.45, 7) is 0.165. The summed E-state index contributed by atoms with van der Waals surface area (Å²) in [7, 11) is -3.44. The number of hydrogen-bond donors (Lipinski definition) is 2. The van der Waals surface area contributed by atoms with E-state index in [-0.39, 0.29) is 18.1 Å². The molecule has 0 heterocycles. The van der Waals surface area contributed by atoms with Crippen molar-refractivity contribution in [1.82, 2.24) is 4.72 Å². The summed E-state index contributed by atoms with van der Waals surface area (Å²) >= 11 is 0. The average molecular weight is 308 g/mol. The van der Waals surface area contributed by atoms with Crippen molar-refractivity contribution in [2.45, 2.75) is 12.2 Å². The van der Waals surface area contributed by atoms with Crippen LogP contribution in [0.2, 0.25) is 0 Å². The number of nitrogen functional groups attached to an aromatic ring is 1. The molecule has 2 aromatic carbocycles. The van der Waals surface area contributed by atoms with Gasteiger partial charge in [-0.05, 0) is 35.7 Å². The van der Waals surface area contributed by atoms with Crippen molar-refractivity contribution in [3.63, 3.8) is 0 Å². The van der Waals surface area contributed by atoms with Crippen LogP contribution in [0.4, 0.5) is 10.1 Å². The first kappa shape index (κ1) is 15.5. The summed E-state index contributed by atoms with van der Waals surface area (Å²) in [5.41, 5.74) is 7.28. The maximum absolute atomic E-state index is 13.4. The van der Waals surface area contributed by atoms with Crippen LogP contribution in [0.1, 0.15) is 11.1 Å². The van der Waals surface area contributed by atoms with Crippen LogP contribution in [0.5, 0.6) is 0 Å². The topological polar surface area (TPSA) is 72.2 Å². The number of sulfonamides is 1. The third-order valence-corrected chi connectivity index (χ3v) is 4.37. The van der Waals surface area contributed by atoms with E-state index in [1.165, 1.54) is 6.07 Å². The predicted molar refractivity (Wildman–Crippen MR) is 81.6 cm³/mol. The van der Waals surface area contributed by atoms with E-state index in [4.69, 9.17) is 5.73 Å². The molecule has 6 heteroatoms. The summed E-state index contributed by atoms with van der Waals surface area (Å²) in [6.07, 6.45) is 0.313. The highest BCUT2D eigenvalue weighted by molar-refractivity contribution is 7.88. The number of rotatable bonds is 6. The molecular formula is C15H17FN2O2S. The van der Waals surface area contributed by atoms with E-state index in [9.17, 15) is 12.8 Å². The second-order valence-electron chi connectivity index (χ2n) is 4.74. The van der Waals surface area contributed by atoms with Gasteiger partial charge in [-0.1, -0.05) is 30.3 Å². The van der Waals surface area contributed by atoms with Gasteiger partial charge in [-0.25, -0.2) is 17.5 Å². The van der Waals surface area contributed by atoms with Crippen LogP contribution in [-0.2, 0) is 22.2 Å². The highest BCUT2D eigenvalue weighted by Gasteiger charge is 2.11. The van der Waals surface area contributed by atoms with Crippen LogP contribution >= 0.6 is 0 Å². The lowest BCUT2D eigenvalue weighted by atomic mass is 10.1. The second kappa shape index (κ2) is 6.69. The number of nitrogens with one attached hydrogen (secondary N) is 1. The van der Waals surface area contributed by atoms with Crippen molar-refractivity contribution in [2.75, 3.05) is 12.3 Å². The van der Waals surface area contributed by atoms with Crippen LogP contribution in [0.15, 0.2) is 48.5 Å². The fraction of sp³-hybridized carbons (Fsp3) is 0.200. The fourth-order valence-electron chi connectivity index (χ4n) is 1.93. The molecule has 0 saturated carbocycles. The normalized spacial score (nSPS) is 11.5. The van der Waals surface area contributed by atoms with Gasteiger partial charge in [-0.2, -0.15) is 0 Å². The quantitative estimate of drug-likeness (QED) is 0.802. The molecule has 21 heavy (non-hydrogen) atoms. The molecule has 0 aliphatic heterocycles. The third-order valence-electron chi connectivity index (χ3n) is 3.01. The molecular weight excluding hydrogens is 291 g/mol. The molecule has 0 aliphatic rings. The molecule has 0 radical (unpaired) electrons. The molecule has 0 spiro atoms. The van der Waals surface area contributed by atoms with Crippen molar-refractivity contribution in [3.8, 4) is 0 Å². The molecule has 0 aliphatic carbocycles. The van der Waals surface area contributed by atoms with Crippen LogP contribution in [0.25, 0.3) is 0 Å². The van der Waals surface area contributed by atoms with Crippen molar-refractivity contribution in [3.05, 3.63) is 65.5 Å². The molecule has 0 fully saturated rings. The van der Waals surface area contributed by atoms with Crippen molar-refractivity contribution < 1.29 is 12.8 Å². The predicted octanol–water partition coefficient (Wildman–Crippen LogP) is 2.07. The Bertz CT molecular complexity index is 700. The van der Waals surface area contributed by atoms with E-state index in [0.29, 0.717) is 23.2 Å². The van der Waals surface area contributed by atoms with Crippen molar-refractivity contribution in [1.29, 1.82) is 0 Å². The van der Waals surface area contributed by atoms with Gasteiger partial charge in [0.1, 0.15) is 5.82 Å². The number of benzene rings is 2. The zero-order valence-corrected chi connectivity index (χ0v) is 12.2. The fourth-order valence-corrected chi connectivity index (χ4v) is 3.07. The van der Waals surface area contributed by atoms with Gasteiger partial charge in [0.15, 0.2) is 0 Å². The highest BCUT2D eigenvalue weighted by atomic mass is 32.2. The zero-order chi connectivity index (χ0) is 15.3. The molecule has 0 saturated heterocycles. The Hall–Kier alpha value is -1.92. The Balaban J connectivity index is 1.90. The third kappa shape index (κ3) is 4.84. The van der Waals surface area contributed by atoms with Crippen molar-refractivity contribution in [2.24, 2.45) is 0 Å². The van der Waals surface area contributed by atoms with Gasteiger partial charge in [0.2, 0.25) is 10.0 Å². The number of halogens is 1. The molecule has 4 nitrogen and oxygen atoms in total. The minimum Gasteiger partial charge on any atom is -0.399 e. The lowest BCUT2D eigenvalue weighted by Crippen LogP contribution is -2.27. The van der Waals surface area contributed by atoms with E-state index < -0.39 is 10.0 Å². The first-order valence-electron chi connectivity index (χ1n) is 6.51. The van der Waals surface area contributed by atoms with Gasteiger partial charge in [0, 0.05) is 12.2 Å². The standard InChI is InChI=1S/C15H17FN2O2S/c16-15-4-2-1-3-13(15)9-10-18-21(19,20)11-12-5-7-14(17)8-6-12/h1-8,18H,9-11,17H2. The van der Waals surface area contributed by atoms with E-state index >= 15 is 0 Å². The SMILES string of the molecule is Nc1ccc(CS(=O)(=O)NCCc2ccccc2F)cc1. The van der Waals surface area contributed by atoms with Gasteiger partial charge >= 0.3 is 0 Å². The Morgan fingerprint density at radius 1 is 1.05 bits per heavy atom. The molecule has 3 N–H and O–H groups in total. The lowest BCUT2D eigenvalue weighted by molar-refractivity contribution is 0.576. The molecule has 0 unspecified atom stereocenters. The summed E-state index contributed by atoms with van der Waals surface area (Å²) in [5.74, 6) is -0.444. The maximum Gasteiger partial charge on any atom is 0.215 e. The smallest absolute Gasteiger partial charge is 0.215 e. The average Bonchev–Trinajstić information content (AvgIpc) is 2.43. The number of hydrogen-bond acceptors (Lipinski definition) is 3. The van der Waals surface area contributed by atoms with Gasteiger partial charge < -0.3 is 5.73 Å². The summed E-state index contributed by atoms with van der Waals surface area (Å²) in [5, 5.41) is 0.